The zero-order valence-electron chi connectivity index (χ0n) is 11.2. The zero-order valence-corrected chi connectivity index (χ0v) is 11.2. The molecule has 1 unspecified atom stereocenters. The molecule has 0 saturated carbocycles. The van der Waals surface area contributed by atoms with Crippen LogP contribution in [0.5, 0.6) is 0 Å². The van der Waals surface area contributed by atoms with Crippen LogP contribution in [-0.2, 0) is 28.7 Å². The van der Waals surface area contributed by atoms with Gasteiger partial charge in [-0.3, -0.25) is 19.2 Å². The van der Waals surface area contributed by atoms with Crippen LogP contribution in [0.15, 0.2) is 0 Å². The molecular weight excluding hydrogens is 306 g/mol. The third-order valence-electron chi connectivity index (χ3n) is 2.48. The summed E-state index contributed by atoms with van der Waals surface area (Å²) in [6.07, 6.45) is -3.37. The fourth-order valence-corrected chi connectivity index (χ4v) is 1.31. The van der Waals surface area contributed by atoms with Gasteiger partial charge in [0.15, 0.2) is 5.60 Å². The summed E-state index contributed by atoms with van der Waals surface area (Å²) in [6, 6.07) is -1.34. The summed E-state index contributed by atoms with van der Waals surface area (Å²) in [4.78, 5) is 54.2. The average Bonchev–Trinajstić information content (AvgIpc) is 2.33. The Bertz CT molecular complexity index is 487. The quantitative estimate of drug-likeness (QED) is 0.230. The maximum absolute atomic E-state index is 11.3. The third-order valence-corrected chi connectivity index (χ3v) is 2.48. The number of hydrogen-bond donors (Lipinski definition) is 5. The molecule has 124 valence electrons. The van der Waals surface area contributed by atoms with E-state index < -0.39 is 60.8 Å². The summed E-state index contributed by atoms with van der Waals surface area (Å²) in [5.74, 6) is -7.63. The second-order valence-electron chi connectivity index (χ2n) is 4.41. The normalized spacial score (nSPS) is 14.5. The minimum absolute atomic E-state index is 0.320. The lowest BCUT2D eigenvalue weighted by atomic mass is 9.96. The number of ether oxygens (including phenoxy) is 1. The molecule has 0 aromatic carbocycles. The number of hydrogen-bond acceptors (Lipinski definition) is 8. The lowest BCUT2D eigenvalue weighted by Gasteiger charge is -2.19. The number of rotatable bonds is 9. The Morgan fingerprint density at radius 2 is 1.55 bits per heavy atom. The van der Waals surface area contributed by atoms with Crippen molar-refractivity contribution in [3.63, 3.8) is 0 Å². The molecule has 0 aliphatic carbocycles. The molecule has 0 aromatic rings. The molecule has 2 atom stereocenters. The van der Waals surface area contributed by atoms with Gasteiger partial charge in [0.2, 0.25) is 0 Å². The van der Waals surface area contributed by atoms with Gasteiger partial charge in [0, 0.05) is 6.42 Å². The highest BCUT2D eigenvalue weighted by atomic mass is 16.6. The molecule has 0 amide bonds. The number of aliphatic hydroxyl groups is 1. The van der Waals surface area contributed by atoms with Gasteiger partial charge >= 0.3 is 29.8 Å². The van der Waals surface area contributed by atoms with Crippen molar-refractivity contribution in [2.45, 2.75) is 37.3 Å². The molecule has 0 aliphatic heterocycles. The number of carboxylic acids is 3. The molecule has 0 aromatic heterocycles. The average molecular weight is 321 g/mol. The van der Waals surface area contributed by atoms with Crippen molar-refractivity contribution in [2.24, 2.45) is 5.73 Å². The number of aliphatic carboxylic acids is 3. The fourth-order valence-electron chi connectivity index (χ4n) is 1.31. The van der Waals surface area contributed by atoms with Gasteiger partial charge in [0.05, 0.1) is 12.8 Å². The molecule has 0 heterocycles. The van der Waals surface area contributed by atoms with Crippen LogP contribution in [0.1, 0.15) is 25.7 Å². The van der Waals surface area contributed by atoms with E-state index in [0.717, 1.165) is 0 Å². The molecule has 0 spiro atoms. The summed E-state index contributed by atoms with van der Waals surface area (Å²) in [5.41, 5.74) is 2.20. The largest absolute Gasteiger partial charge is 0.481 e. The lowest BCUT2D eigenvalue weighted by Crippen LogP contribution is -2.43. The van der Waals surface area contributed by atoms with Crippen LogP contribution in [0.2, 0.25) is 0 Å². The first kappa shape index (κ1) is 19.5. The molecule has 0 fully saturated rings. The molecule has 0 rings (SSSR count). The number of carbonyl (C=O) groups excluding carboxylic acids is 2. The Hall–Kier alpha value is -2.53. The minimum atomic E-state index is -2.92. The van der Waals surface area contributed by atoms with Gasteiger partial charge in [-0.05, 0) is 6.42 Å². The van der Waals surface area contributed by atoms with Crippen molar-refractivity contribution in [3.05, 3.63) is 0 Å². The van der Waals surface area contributed by atoms with E-state index in [1.807, 2.05) is 0 Å². The highest BCUT2D eigenvalue weighted by Gasteiger charge is 2.41. The van der Waals surface area contributed by atoms with Crippen LogP contribution in [0, 0.1) is 0 Å². The van der Waals surface area contributed by atoms with Gasteiger partial charge in [-0.1, -0.05) is 0 Å². The second kappa shape index (κ2) is 8.05. The Morgan fingerprint density at radius 3 is 1.95 bits per heavy atom. The predicted molar refractivity (Wildman–Crippen MR) is 65.4 cm³/mol. The van der Waals surface area contributed by atoms with E-state index >= 15 is 0 Å². The van der Waals surface area contributed by atoms with Crippen molar-refractivity contribution < 1.29 is 49.1 Å². The Morgan fingerprint density at radius 1 is 1.00 bits per heavy atom. The highest BCUT2D eigenvalue weighted by molar-refractivity contribution is 5.92. The van der Waals surface area contributed by atoms with Gasteiger partial charge in [0.25, 0.3) is 0 Å². The smallest absolute Gasteiger partial charge is 0.336 e. The van der Waals surface area contributed by atoms with E-state index in [-0.39, 0.29) is 6.42 Å². The standard InChI is InChI=1S/C11H15NO10/c12-5(9(17)18)1-2-7(15)22-8(16)4-11(21,10(19)20)3-6(13)14/h5,21H,1-4,12H2,(H,13,14)(H,17,18)(H,19,20)/t5-,11?/m0/s1. The Labute approximate surface area is 123 Å². The molecule has 0 bridgehead atoms. The van der Waals surface area contributed by atoms with Gasteiger partial charge < -0.3 is 30.9 Å². The van der Waals surface area contributed by atoms with Crippen molar-refractivity contribution in [2.75, 3.05) is 0 Å². The van der Waals surface area contributed by atoms with Crippen LogP contribution in [0.3, 0.4) is 0 Å². The topological polar surface area (TPSA) is 202 Å². The fraction of sp³-hybridized carbons (Fsp3) is 0.545. The lowest BCUT2D eigenvalue weighted by molar-refractivity contribution is -0.174. The summed E-state index contributed by atoms with van der Waals surface area (Å²) in [7, 11) is 0. The molecule has 11 nitrogen and oxygen atoms in total. The maximum atomic E-state index is 11.3. The number of esters is 2. The van der Waals surface area contributed by atoms with Crippen LogP contribution >= 0.6 is 0 Å². The van der Waals surface area contributed by atoms with E-state index in [0.29, 0.717) is 0 Å². The minimum Gasteiger partial charge on any atom is -0.481 e. The number of nitrogens with two attached hydrogens (primary N) is 1. The second-order valence-corrected chi connectivity index (χ2v) is 4.41. The van der Waals surface area contributed by atoms with Gasteiger partial charge in [-0.15, -0.1) is 0 Å². The summed E-state index contributed by atoms with van der Waals surface area (Å²) >= 11 is 0. The van der Waals surface area contributed by atoms with Crippen molar-refractivity contribution in [1.29, 1.82) is 0 Å². The first-order valence-electron chi connectivity index (χ1n) is 5.87. The molecule has 6 N–H and O–H groups in total. The SMILES string of the molecule is N[C@@H](CCC(=O)OC(=O)CC(O)(CC(=O)O)C(=O)O)C(=O)O. The summed E-state index contributed by atoms with van der Waals surface area (Å²) < 4.78 is 4.17. The Balaban J connectivity index is 4.53. The molecule has 22 heavy (non-hydrogen) atoms. The molecular formula is C11H15NO10. The Kier molecular flexibility index (Phi) is 7.12. The van der Waals surface area contributed by atoms with E-state index in [2.05, 4.69) is 4.74 Å². The van der Waals surface area contributed by atoms with Crippen molar-refractivity contribution in [3.8, 4) is 0 Å². The van der Waals surface area contributed by atoms with E-state index in [1.165, 1.54) is 0 Å². The summed E-state index contributed by atoms with van der Waals surface area (Å²) in [5, 5.41) is 35.2. The van der Waals surface area contributed by atoms with Crippen LogP contribution < -0.4 is 5.73 Å². The van der Waals surface area contributed by atoms with Crippen LogP contribution in [0.25, 0.3) is 0 Å². The predicted octanol–water partition coefficient (Wildman–Crippen LogP) is -2.07. The van der Waals surface area contributed by atoms with Gasteiger partial charge in [-0.2, -0.15) is 0 Å². The van der Waals surface area contributed by atoms with Crippen LogP contribution in [0.4, 0.5) is 0 Å². The van der Waals surface area contributed by atoms with E-state index in [9.17, 15) is 29.1 Å². The molecule has 0 aliphatic rings. The number of carbonyl (C=O) groups is 5. The maximum Gasteiger partial charge on any atom is 0.336 e. The van der Waals surface area contributed by atoms with E-state index in [1.54, 1.807) is 0 Å². The van der Waals surface area contributed by atoms with Crippen molar-refractivity contribution >= 4 is 29.8 Å². The summed E-state index contributed by atoms with van der Waals surface area (Å²) in [6.45, 7) is 0. The monoisotopic (exact) mass is 321 g/mol. The van der Waals surface area contributed by atoms with Crippen molar-refractivity contribution in [1.82, 2.24) is 0 Å². The van der Waals surface area contributed by atoms with Gasteiger partial charge in [0.1, 0.15) is 6.04 Å². The first-order chi connectivity index (χ1) is 9.97. The molecule has 0 saturated heterocycles. The van der Waals surface area contributed by atoms with Crippen LogP contribution in [-0.4, -0.2) is 61.9 Å². The zero-order chi connectivity index (χ0) is 17.5. The first-order valence-corrected chi connectivity index (χ1v) is 5.87. The van der Waals surface area contributed by atoms with E-state index in [4.69, 9.17) is 21.1 Å². The number of carboxylic acid groups (broad SMARTS) is 3. The van der Waals surface area contributed by atoms with Gasteiger partial charge in [-0.25, -0.2) is 4.79 Å². The third kappa shape index (κ3) is 6.76. The molecule has 0 radical (unpaired) electrons. The molecule has 11 heteroatoms. The highest BCUT2D eigenvalue weighted by Crippen LogP contribution is 2.17.